The van der Waals surface area contributed by atoms with Gasteiger partial charge in [0.1, 0.15) is 12.4 Å². The molecule has 0 saturated carbocycles. The van der Waals surface area contributed by atoms with E-state index in [1.54, 1.807) is 0 Å². The van der Waals surface area contributed by atoms with Gasteiger partial charge in [0.05, 0.1) is 11.2 Å². The van der Waals surface area contributed by atoms with Crippen molar-refractivity contribution in [3.63, 3.8) is 0 Å². The average molecular weight is 293 g/mol. The van der Waals surface area contributed by atoms with Crippen LogP contribution in [0.2, 0.25) is 0 Å². The summed E-state index contributed by atoms with van der Waals surface area (Å²) in [6.07, 6.45) is 0.673. The number of nitrogens with zero attached hydrogens (tertiary/aromatic N) is 1. The van der Waals surface area contributed by atoms with E-state index in [-0.39, 0.29) is 6.61 Å². The van der Waals surface area contributed by atoms with Crippen molar-refractivity contribution in [1.82, 2.24) is 4.98 Å². The molecule has 22 heavy (non-hydrogen) atoms. The predicted octanol–water partition coefficient (Wildman–Crippen LogP) is 3.66. The van der Waals surface area contributed by atoms with Crippen molar-refractivity contribution in [2.45, 2.75) is 20.0 Å². The fraction of sp³-hybridized carbons (Fsp3) is 0.211. The highest BCUT2D eigenvalue weighted by Gasteiger charge is 2.01. The predicted molar refractivity (Wildman–Crippen MR) is 88.0 cm³/mol. The van der Waals surface area contributed by atoms with Crippen LogP contribution < -0.4 is 4.74 Å². The lowest BCUT2D eigenvalue weighted by atomic mass is 10.1. The van der Waals surface area contributed by atoms with Crippen LogP contribution >= 0.6 is 0 Å². The third kappa shape index (κ3) is 3.43. The van der Waals surface area contributed by atoms with Gasteiger partial charge >= 0.3 is 0 Å². The number of rotatable bonds is 5. The molecule has 0 amide bonds. The lowest BCUT2D eigenvalue weighted by molar-refractivity contribution is 0.297. The molecule has 1 aromatic heterocycles. The molecule has 0 aliphatic carbocycles. The summed E-state index contributed by atoms with van der Waals surface area (Å²) in [4.78, 5) is 4.62. The molecular weight excluding hydrogens is 274 g/mol. The quantitative estimate of drug-likeness (QED) is 0.780. The zero-order valence-corrected chi connectivity index (χ0v) is 12.6. The van der Waals surface area contributed by atoms with Crippen molar-refractivity contribution in [2.75, 3.05) is 6.61 Å². The summed E-state index contributed by atoms with van der Waals surface area (Å²) >= 11 is 0. The van der Waals surface area contributed by atoms with Crippen molar-refractivity contribution >= 4 is 10.9 Å². The van der Waals surface area contributed by atoms with Gasteiger partial charge in [0.25, 0.3) is 0 Å². The van der Waals surface area contributed by atoms with Gasteiger partial charge in [0.2, 0.25) is 0 Å². The summed E-state index contributed by atoms with van der Waals surface area (Å²) in [5, 5.41) is 10.1. The molecule has 1 N–H and O–H groups in total. The number of aliphatic hydroxyl groups is 1. The second kappa shape index (κ2) is 6.58. The van der Waals surface area contributed by atoms with Crippen molar-refractivity contribution < 1.29 is 9.84 Å². The highest BCUT2D eigenvalue weighted by Crippen LogP contribution is 2.17. The maximum atomic E-state index is 8.91. The van der Waals surface area contributed by atoms with E-state index in [1.165, 1.54) is 5.56 Å². The molecule has 0 spiro atoms. The number of hydrogen-bond donors (Lipinski definition) is 1. The maximum absolute atomic E-state index is 8.91. The first-order chi connectivity index (χ1) is 10.7. The molecule has 3 rings (SSSR count). The summed E-state index contributed by atoms with van der Waals surface area (Å²) in [7, 11) is 0. The molecule has 3 heteroatoms. The topological polar surface area (TPSA) is 42.4 Å². The number of ether oxygens (including phenoxy) is 1. The van der Waals surface area contributed by atoms with E-state index in [1.807, 2.05) is 36.4 Å². The second-order valence-corrected chi connectivity index (χ2v) is 5.40. The van der Waals surface area contributed by atoms with Gasteiger partial charge in [0.15, 0.2) is 0 Å². The number of aliphatic hydroxyl groups excluding tert-OH is 1. The van der Waals surface area contributed by atoms with Gasteiger partial charge in [-0.15, -0.1) is 0 Å². The van der Waals surface area contributed by atoms with E-state index in [9.17, 15) is 0 Å². The number of aryl methyl sites for hydroxylation is 1. The summed E-state index contributed by atoms with van der Waals surface area (Å²) in [5.41, 5.74) is 4.25. The lowest BCUT2D eigenvalue weighted by Gasteiger charge is -2.08. The minimum absolute atomic E-state index is 0.167. The maximum Gasteiger partial charge on any atom is 0.130 e. The summed E-state index contributed by atoms with van der Waals surface area (Å²) in [5.74, 6) is 0.812. The van der Waals surface area contributed by atoms with E-state index < -0.39 is 0 Å². The smallest absolute Gasteiger partial charge is 0.130 e. The Morgan fingerprint density at radius 2 is 1.82 bits per heavy atom. The molecule has 112 valence electrons. The van der Waals surface area contributed by atoms with E-state index >= 15 is 0 Å². The van der Waals surface area contributed by atoms with Crippen molar-refractivity contribution in [1.29, 1.82) is 0 Å². The Morgan fingerprint density at radius 3 is 2.59 bits per heavy atom. The first-order valence-electron chi connectivity index (χ1n) is 7.43. The zero-order chi connectivity index (χ0) is 15.4. The van der Waals surface area contributed by atoms with Crippen LogP contribution in [0.5, 0.6) is 5.75 Å². The Labute approximate surface area is 130 Å². The van der Waals surface area contributed by atoms with Crippen molar-refractivity contribution in [3.8, 4) is 5.75 Å². The van der Waals surface area contributed by atoms with Crippen LogP contribution in [0.4, 0.5) is 0 Å². The van der Waals surface area contributed by atoms with E-state index in [0.717, 1.165) is 27.9 Å². The first kappa shape index (κ1) is 14.5. The summed E-state index contributed by atoms with van der Waals surface area (Å²) < 4.78 is 5.77. The number of pyridine rings is 1. The van der Waals surface area contributed by atoms with Crippen molar-refractivity contribution in [2.24, 2.45) is 0 Å². The lowest BCUT2D eigenvalue weighted by Crippen LogP contribution is -1.99. The highest BCUT2D eigenvalue weighted by atomic mass is 16.5. The van der Waals surface area contributed by atoms with E-state index in [2.05, 4.69) is 30.1 Å². The molecule has 2 aromatic carbocycles. The molecular formula is C19H19NO2. The van der Waals surface area contributed by atoms with Gasteiger partial charge in [-0.05, 0) is 49.2 Å². The average Bonchev–Trinajstić information content (AvgIpc) is 2.54. The molecule has 0 saturated heterocycles. The summed E-state index contributed by atoms with van der Waals surface area (Å²) in [6, 6.07) is 18.1. The Kier molecular flexibility index (Phi) is 4.35. The third-order valence-corrected chi connectivity index (χ3v) is 3.61. The molecule has 1 heterocycles. The number of hydrogen-bond acceptors (Lipinski definition) is 3. The molecule has 0 aliphatic rings. The van der Waals surface area contributed by atoms with Crippen LogP contribution in [-0.4, -0.2) is 16.7 Å². The molecule has 0 unspecified atom stereocenters. The Morgan fingerprint density at radius 1 is 1.00 bits per heavy atom. The van der Waals surface area contributed by atoms with E-state index in [4.69, 9.17) is 9.84 Å². The molecule has 0 bridgehead atoms. The molecule has 0 aliphatic heterocycles. The van der Waals surface area contributed by atoms with Crippen LogP contribution in [0, 0.1) is 6.92 Å². The van der Waals surface area contributed by atoms with Crippen LogP contribution in [0.3, 0.4) is 0 Å². The van der Waals surface area contributed by atoms with Gasteiger partial charge in [-0.1, -0.05) is 29.8 Å². The largest absolute Gasteiger partial charge is 0.487 e. The minimum Gasteiger partial charge on any atom is -0.487 e. The van der Waals surface area contributed by atoms with Crippen LogP contribution in [0.25, 0.3) is 10.9 Å². The summed E-state index contributed by atoms with van der Waals surface area (Å²) in [6.45, 7) is 2.70. The van der Waals surface area contributed by atoms with Crippen molar-refractivity contribution in [3.05, 3.63) is 71.4 Å². The SMILES string of the molecule is Cc1ccc2nc(COc3ccc(CCO)cc3)ccc2c1. The number of fused-ring (bicyclic) bond motifs is 1. The molecule has 0 atom stereocenters. The highest BCUT2D eigenvalue weighted by molar-refractivity contribution is 5.79. The fourth-order valence-electron chi connectivity index (χ4n) is 2.41. The minimum atomic E-state index is 0.167. The normalized spacial score (nSPS) is 10.8. The second-order valence-electron chi connectivity index (χ2n) is 5.40. The van der Waals surface area contributed by atoms with Crippen LogP contribution in [0.1, 0.15) is 16.8 Å². The van der Waals surface area contributed by atoms with Gasteiger partial charge in [-0.3, -0.25) is 0 Å². The van der Waals surface area contributed by atoms with Crippen LogP contribution in [-0.2, 0) is 13.0 Å². The van der Waals surface area contributed by atoms with Gasteiger partial charge in [-0.25, -0.2) is 4.98 Å². The van der Waals surface area contributed by atoms with Crippen LogP contribution in [0.15, 0.2) is 54.6 Å². The number of benzene rings is 2. The molecule has 0 radical (unpaired) electrons. The van der Waals surface area contributed by atoms with Gasteiger partial charge < -0.3 is 9.84 Å². The van der Waals surface area contributed by atoms with E-state index in [0.29, 0.717) is 13.0 Å². The third-order valence-electron chi connectivity index (χ3n) is 3.61. The Bertz CT molecular complexity index is 766. The standard InChI is InChI=1S/C19H19NO2/c1-14-2-9-19-16(12-14)5-6-17(20-19)13-22-18-7-3-15(4-8-18)10-11-21/h2-9,12,21H,10-11,13H2,1H3. The van der Waals surface area contributed by atoms with Gasteiger partial charge in [-0.2, -0.15) is 0 Å². The zero-order valence-electron chi connectivity index (χ0n) is 12.6. The first-order valence-corrected chi connectivity index (χ1v) is 7.43. The number of aromatic nitrogens is 1. The molecule has 0 fully saturated rings. The fourth-order valence-corrected chi connectivity index (χ4v) is 2.41. The monoisotopic (exact) mass is 293 g/mol. The Hall–Kier alpha value is -2.39. The molecule has 3 nitrogen and oxygen atoms in total. The Balaban J connectivity index is 1.69. The molecule has 3 aromatic rings. The van der Waals surface area contributed by atoms with Gasteiger partial charge in [0, 0.05) is 12.0 Å².